The number of ether oxygens (including phenoxy) is 1. The van der Waals surface area contributed by atoms with Crippen molar-refractivity contribution in [2.75, 3.05) is 24.5 Å². The van der Waals surface area contributed by atoms with E-state index in [1.54, 1.807) is 17.5 Å². The summed E-state index contributed by atoms with van der Waals surface area (Å²) in [6.45, 7) is 0. The number of fused-ring (bicyclic) bond motifs is 1. The summed E-state index contributed by atoms with van der Waals surface area (Å²) in [5.74, 6) is -1.58. The molecule has 3 N–H and O–H groups in total. The van der Waals surface area contributed by atoms with Crippen LogP contribution in [-0.4, -0.2) is 68.7 Å². The second-order valence-corrected chi connectivity index (χ2v) is 9.56. The predicted octanol–water partition coefficient (Wildman–Crippen LogP) is -1.97. The maximum Gasteiger partial charge on any atom is 0.355 e. The van der Waals surface area contributed by atoms with Crippen LogP contribution < -0.4 is 23.5 Å². The first kappa shape index (κ1) is 26.6. The maximum absolute atomic E-state index is 12.8. The number of carbonyl (C=O) groups excluding carboxylic acids is 4. The van der Waals surface area contributed by atoms with Crippen molar-refractivity contribution in [1.82, 2.24) is 15.2 Å². The third-order valence-corrected chi connectivity index (χ3v) is 7.16. The Morgan fingerprint density at radius 2 is 2.23 bits per heavy atom. The number of aromatic nitrogens is 1. The molecule has 2 aromatic heterocycles. The minimum absolute atomic E-state index is 0. The lowest BCUT2D eigenvalue weighted by atomic mass is 10.0. The normalized spacial score (nSPS) is 19.0. The Morgan fingerprint density at radius 3 is 2.89 bits per heavy atom. The van der Waals surface area contributed by atoms with Crippen molar-refractivity contribution in [3.05, 3.63) is 47.0 Å². The van der Waals surface area contributed by atoms with Gasteiger partial charge < -0.3 is 37.4 Å². The standard InChI is InChI=1S/C19H17N5O7S3.ClH/c1-29-23-12(9-7-33-19(20)21-9)14(25)22-13-15(26)24-10(4-6-32-16(13)24)17(27)31-8-34-18(28)11-3-2-5-30-11;/h2-5,7,13,16H,6,8H2,1H3,(H2,20,21)(H,22,25);1H/p-1/b23-12+;/t13-,16-;/m1./s1. The van der Waals surface area contributed by atoms with Crippen LogP contribution in [0.5, 0.6) is 0 Å². The number of furan rings is 1. The molecule has 0 spiro atoms. The largest absolute Gasteiger partial charge is 1.00 e. The summed E-state index contributed by atoms with van der Waals surface area (Å²) in [6.07, 6.45) is 2.93. The molecule has 0 bridgehead atoms. The quantitative estimate of drug-likeness (QED) is 0.121. The van der Waals surface area contributed by atoms with Crippen molar-refractivity contribution < 1.29 is 45.6 Å². The third-order valence-electron chi connectivity index (χ3n) is 4.61. The molecule has 1 saturated heterocycles. The average Bonchev–Trinajstić information content (AvgIpc) is 3.52. The van der Waals surface area contributed by atoms with Crippen LogP contribution in [0.3, 0.4) is 0 Å². The Kier molecular flexibility index (Phi) is 8.82. The van der Waals surface area contributed by atoms with Gasteiger partial charge in [-0.2, -0.15) is 0 Å². The van der Waals surface area contributed by atoms with Crippen LogP contribution in [0, 0.1) is 0 Å². The van der Waals surface area contributed by atoms with E-state index in [0.717, 1.165) is 23.1 Å². The van der Waals surface area contributed by atoms with Crippen molar-refractivity contribution in [3.63, 3.8) is 0 Å². The summed E-state index contributed by atoms with van der Waals surface area (Å²) < 4.78 is 10.1. The van der Waals surface area contributed by atoms with E-state index in [1.807, 2.05) is 0 Å². The van der Waals surface area contributed by atoms with Gasteiger partial charge in [-0.1, -0.05) is 5.16 Å². The second-order valence-electron chi connectivity index (χ2n) is 6.62. The van der Waals surface area contributed by atoms with E-state index in [4.69, 9.17) is 19.7 Å². The monoisotopic (exact) mass is 558 g/mol. The fourth-order valence-electron chi connectivity index (χ4n) is 3.11. The first-order valence-electron chi connectivity index (χ1n) is 9.56. The summed E-state index contributed by atoms with van der Waals surface area (Å²) >= 11 is 3.25. The zero-order valence-electron chi connectivity index (χ0n) is 17.8. The highest BCUT2D eigenvalue weighted by molar-refractivity contribution is 8.14. The van der Waals surface area contributed by atoms with Crippen LogP contribution in [0.15, 0.2) is 45.1 Å². The first-order valence-corrected chi connectivity index (χ1v) is 12.5. The number of esters is 1. The molecule has 35 heavy (non-hydrogen) atoms. The van der Waals surface area contributed by atoms with Gasteiger partial charge in [0.05, 0.1) is 6.26 Å². The molecule has 4 heterocycles. The Balaban J connectivity index is 0.00000342. The van der Waals surface area contributed by atoms with Crippen molar-refractivity contribution in [1.29, 1.82) is 0 Å². The average molecular weight is 559 g/mol. The molecule has 0 aromatic carbocycles. The maximum atomic E-state index is 12.8. The fraction of sp³-hybridized carbons (Fsp3) is 0.263. The highest BCUT2D eigenvalue weighted by Crippen LogP contribution is 2.38. The molecule has 2 aromatic rings. The number of oxime groups is 1. The van der Waals surface area contributed by atoms with Crippen molar-refractivity contribution >= 4 is 68.6 Å². The van der Waals surface area contributed by atoms with E-state index in [-0.39, 0.29) is 51.5 Å². The number of carbonyl (C=O) groups is 4. The number of nitrogens with zero attached hydrogens (tertiary/aromatic N) is 3. The summed E-state index contributed by atoms with van der Waals surface area (Å²) in [5.41, 5.74) is 5.77. The molecule has 16 heteroatoms. The van der Waals surface area contributed by atoms with E-state index in [9.17, 15) is 19.2 Å². The Morgan fingerprint density at radius 1 is 1.43 bits per heavy atom. The van der Waals surface area contributed by atoms with Crippen LogP contribution in [0.4, 0.5) is 5.13 Å². The fourth-order valence-corrected chi connectivity index (χ4v) is 5.38. The molecular weight excluding hydrogens is 542 g/mol. The van der Waals surface area contributed by atoms with Gasteiger partial charge >= 0.3 is 5.97 Å². The smallest absolute Gasteiger partial charge is 0.355 e. The van der Waals surface area contributed by atoms with Gasteiger partial charge in [0.1, 0.15) is 35.9 Å². The van der Waals surface area contributed by atoms with Gasteiger partial charge in [0.25, 0.3) is 16.9 Å². The molecule has 0 radical (unpaired) electrons. The van der Waals surface area contributed by atoms with Crippen LogP contribution in [-0.2, 0) is 24.0 Å². The van der Waals surface area contributed by atoms with Gasteiger partial charge in [-0.05, 0) is 30.0 Å². The molecule has 4 rings (SSSR count). The minimum Gasteiger partial charge on any atom is -1.00 e. The molecule has 2 amide bonds. The van der Waals surface area contributed by atoms with Gasteiger partial charge in [-0.25, -0.2) is 9.78 Å². The highest BCUT2D eigenvalue weighted by Gasteiger charge is 2.53. The minimum atomic E-state index is -0.887. The topological polar surface area (TPSA) is 166 Å². The summed E-state index contributed by atoms with van der Waals surface area (Å²) in [5, 5.41) is 7.21. The van der Waals surface area contributed by atoms with Crippen molar-refractivity contribution in [2.45, 2.75) is 11.4 Å². The van der Waals surface area contributed by atoms with Gasteiger partial charge in [0, 0.05) is 11.1 Å². The number of nitrogens with two attached hydrogens (primary N) is 1. The summed E-state index contributed by atoms with van der Waals surface area (Å²) in [6, 6.07) is 2.19. The number of thioether (sulfide) groups is 2. The number of anilines is 1. The molecule has 2 atom stereocenters. The zero-order valence-corrected chi connectivity index (χ0v) is 21.0. The highest BCUT2D eigenvalue weighted by atomic mass is 35.5. The van der Waals surface area contributed by atoms with Crippen LogP contribution in [0.2, 0.25) is 0 Å². The molecular formula is C19H17ClN5O7S3-. The van der Waals surface area contributed by atoms with Crippen LogP contribution >= 0.6 is 34.9 Å². The molecule has 0 aliphatic carbocycles. The number of nitrogen functional groups attached to an aromatic ring is 1. The molecule has 1 fully saturated rings. The lowest BCUT2D eigenvalue weighted by Gasteiger charge is -2.48. The summed E-state index contributed by atoms with van der Waals surface area (Å²) in [4.78, 5) is 60.0. The molecule has 2 aliphatic heterocycles. The van der Waals surface area contributed by atoms with Crippen molar-refractivity contribution in [2.24, 2.45) is 5.16 Å². The van der Waals surface area contributed by atoms with E-state index in [0.29, 0.717) is 5.75 Å². The van der Waals surface area contributed by atoms with Crippen LogP contribution in [0.25, 0.3) is 0 Å². The van der Waals surface area contributed by atoms with E-state index in [1.165, 1.54) is 36.1 Å². The number of hydrogen-bond donors (Lipinski definition) is 2. The number of amides is 2. The molecule has 0 unspecified atom stereocenters. The predicted molar refractivity (Wildman–Crippen MR) is 125 cm³/mol. The lowest BCUT2D eigenvalue weighted by molar-refractivity contribution is -0.151. The molecule has 0 saturated carbocycles. The summed E-state index contributed by atoms with van der Waals surface area (Å²) in [7, 11) is 1.28. The second kappa shape index (κ2) is 11.6. The van der Waals surface area contributed by atoms with Gasteiger partial charge in [-0.15, -0.1) is 23.1 Å². The van der Waals surface area contributed by atoms with E-state index < -0.39 is 29.2 Å². The van der Waals surface area contributed by atoms with Gasteiger partial charge in [0.2, 0.25) is 0 Å². The Hall–Kier alpha value is -3.01. The van der Waals surface area contributed by atoms with E-state index in [2.05, 4.69) is 15.5 Å². The lowest BCUT2D eigenvalue weighted by Crippen LogP contribution is -3.00. The molecule has 186 valence electrons. The van der Waals surface area contributed by atoms with E-state index >= 15 is 0 Å². The molecule has 2 aliphatic rings. The SMILES string of the molecule is CO/N=C(/C(=O)N[C@@H]1C(=O)N2C(C(=O)OCSC(=O)c3ccco3)=CCS[C@H]12)c1csc(N)n1.[Cl-]. The number of halogens is 1. The zero-order chi connectivity index (χ0) is 24.2. The van der Waals surface area contributed by atoms with Gasteiger partial charge in [0.15, 0.2) is 16.6 Å². The number of rotatable bonds is 8. The van der Waals surface area contributed by atoms with Crippen LogP contribution in [0.1, 0.15) is 16.2 Å². The number of thiazole rings is 1. The Bertz CT molecular complexity index is 1180. The third kappa shape index (κ3) is 5.63. The number of β-lactam (4-membered cyclic amide) rings is 1. The first-order chi connectivity index (χ1) is 16.4. The number of nitrogens with one attached hydrogen (secondary N) is 1. The molecule has 12 nitrogen and oxygen atoms in total. The Labute approximate surface area is 217 Å². The number of hydrogen-bond acceptors (Lipinski definition) is 13. The van der Waals surface area contributed by atoms with Gasteiger partial charge in [-0.3, -0.25) is 19.3 Å². The van der Waals surface area contributed by atoms with Crippen molar-refractivity contribution in [3.8, 4) is 0 Å².